The lowest BCUT2D eigenvalue weighted by atomic mass is 9.82. The van der Waals surface area contributed by atoms with Gasteiger partial charge in [0.25, 0.3) is 0 Å². The smallest absolute Gasteiger partial charge is 0.0788 e. The number of fused-ring (bicyclic) bond motifs is 13. The quantitative estimate of drug-likeness (QED) is 0.177. The Hall–Kier alpha value is -5.34. The highest BCUT2D eigenvalue weighted by Crippen LogP contribution is 2.52. The van der Waals surface area contributed by atoms with Crippen LogP contribution < -0.4 is 0 Å². The number of hydrogen-bond acceptors (Lipinski definition) is 0. The molecule has 0 spiro atoms. The summed E-state index contributed by atoms with van der Waals surface area (Å²) in [5.74, 6) is 0. The van der Waals surface area contributed by atoms with E-state index in [9.17, 15) is 0 Å². The van der Waals surface area contributed by atoms with Crippen LogP contribution in [0.15, 0.2) is 121 Å². The number of hydrogen-bond donors (Lipinski definition) is 0. The lowest BCUT2D eigenvalue weighted by Crippen LogP contribution is -2.15. The van der Waals surface area contributed by atoms with Gasteiger partial charge >= 0.3 is 0 Å². The Labute approximate surface area is 293 Å². The molecule has 242 valence electrons. The zero-order valence-corrected chi connectivity index (χ0v) is 29.3. The molecule has 2 heterocycles. The minimum Gasteiger partial charge on any atom is -0.311 e. The van der Waals surface area contributed by atoms with Crippen molar-refractivity contribution >= 4 is 32.7 Å². The maximum Gasteiger partial charge on any atom is 0.0788 e. The zero-order chi connectivity index (χ0) is 33.5. The molecule has 0 fully saturated rings. The molecule has 0 atom stereocenters. The second-order valence-corrected chi connectivity index (χ2v) is 16.0. The van der Waals surface area contributed by atoms with Crippen LogP contribution in [0.2, 0.25) is 0 Å². The molecule has 0 amide bonds. The van der Waals surface area contributed by atoms with E-state index in [4.69, 9.17) is 0 Å². The van der Waals surface area contributed by atoms with Crippen LogP contribution >= 0.6 is 0 Å². The fourth-order valence-corrected chi connectivity index (χ4v) is 10.3. The summed E-state index contributed by atoms with van der Waals surface area (Å²) in [6.45, 7) is 9.57. The molecular formula is C48H40N2. The number of aryl methyl sites for hydroxylation is 1. The third kappa shape index (κ3) is 3.49. The summed E-state index contributed by atoms with van der Waals surface area (Å²) in [7, 11) is 0. The van der Waals surface area contributed by atoms with Crippen LogP contribution in [-0.4, -0.2) is 9.13 Å². The van der Waals surface area contributed by atoms with E-state index in [-0.39, 0.29) is 10.8 Å². The highest BCUT2D eigenvalue weighted by molar-refractivity contribution is 6.19. The summed E-state index contributed by atoms with van der Waals surface area (Å²) in [5.41, 5.74) is 20.5. The molecule has 3 aliphatic rings. The average Bonchev–Trinajstić information content (AvgIpc) is 3.81. The number of rotatable bonds is 2. The fraction of sp³-hybridized carbons (Fsp3) is 0.208. The number of nitrogens with zero attached hydrogens (tertiary/aromatic N) is 2. The van der Waals surface area contributed by atoms with Gasteiger partial charge in [0, 0.05) is 44.1 Å². The van der Waals surface area contributed by atoms with Crippen molar-refractivity contribution in [2.75, 3.05) is 0 Å². The maximum atomic E-state index is 2.67. The van der Waals surface area contributed by atoms with Crippen molar-refractivity contribution in [1.29, 1.82) is 0 Å². The third-order valence-electron chi connectivity index (χ3n) is 12.7. The van der Waals surface area contributed by atoms with Crippen molar-refractivity contribution in [2.45, 2.75) is 64.2 Å². The Morgan fingerprint density at radius 1 is 0.440 bits per heavy atom. The molecule has 2 heteroatoms. The summed E-state index contributed by atoms with van der Waals surface area (Å²) in [6.07, 6.45) is 4.73. The Kier molecular flexibility index (Phi) is 5.51. The number of para-hydroxylation sites is 1. The average molecular weight is 645 g/mol. The molecule has 0 unspecified atom stereocenters. The highest BCUT2D eigenvalue weighted by Gasteiger charge is 2.37. The monoisotopic (exact) mass is 644 g/mol. The van der Waals surface area contributed by atoms with Gasteiger partial charge in [-0.05, 0) is 106 Å². The molecule has 0 N–H and O–H groups in total. The first-order chi connectivity index (χ1) is 24.3. The molecule has 2 aromatic heterocycles. The van der Waals surface area contributed by atoms with Gasteiger partial charge in [0.2, 0.25) is 0 Å². The Morgan fingerprint density at radius 3 is 1.64 bits per heavy atom. The van der Waals surface area contributed by atoms with Crippen LogP contribution in [0.5, 0.6) is 0 Å². The molecule has 50 heavy (non-hydrogen) atoms. The van der Waals surface area contributed by atoms with Gasteiger partial charge in [0.05, 0.1) is 16.6 Å². The molecule has 8 aromatic rings. The summed E-state index contributed by atoms with van der Waals surface area (Å²) in [6, 6.07) is 46.4. The summed E-state index contributed by atoms with van der Waals surface area (Å²) >= 11 is 0. The van der Waals surface area contributed by atoms with Crippen molar-refractivity contribution in [3.8, 4) is 33.6 Å². The van der Waals surface area contributed by atoms with E-state index in [1.807, 2.05) is 0 Å². The second kappa shape index (κ2) is 9.67. The van der Waals surface area contributed by atoms with Gasteiger partial charge in [0.1, 0.15) is 0 Å². The Morgan fingerprint density at radius 2 is 0.960 bits per heavy atom. The molecule has 0 radical (unpaired) electrons. The summed E-state index contributed by atoms with van der Waals surface area (Å²) in [4.78, 5) is 0. The van der Waals surface area contributed by atoms with Gasteiger partial charge < -0.3 is 9.13 Å². The Bertz CT molecular complexity index is 2760. The van der Waals surface area contributed by atoms with E-state index >= 15 is 0 Å². The van der Waals surface area contributed by atoms with Crippen molar-refractivity contribution in [2.24, 2.45) is 0 Å². The van der Waals surface area contributed by atoms with E-state index < -0.39 is 0 Å². The van der Waals surface area contributed by atoms with Crippen LogP contribution in [0.25, 0.3) is 66.3 Å². The van der Waals surface area contributed by atoms with Crippen LogP contribution in [0.1, 0.15) is 74.0 Å². The maximum absolute atomic E-state index is 2.67. The predicted octanol–water partition coefficient (Wildman–Crippen LogP) is 12.2. The predicted molar refractivity (Wildman–Crippen MR) is 209 cm³/mol. The van der Waals surface area contributed by atoms with Crippen molar-refractivity contribution in [3.05, 3.63) is 155 Å². The lowest BCUT2D eigenvalue weighted by molar-refractivity contribution is 0.656. The van der Waals surface area contributed by atoms with E-state index in [0.29, 0.717) is 0 Å². The largest absolute Gasteiger partial charge is 0.311 e. The first-order valence-electron chi connectivity index (χ1n) is 18.4. The van der Waals surface area contributed by atoms with Gasteiger partial charge in [-0.15, -0.1) is 0 Å². The van der Waals surface area contributed by atoms with E-state index in [0.717, 1.165) is 12.8 Å². The minimum atomic E-state index is -0.0654. The molecule has 0 saturated carbocycles. The van der Waals surface area contributed by atoms with Crippen LogP contribution in [0.3, 0.4) is 0 Å². The molecule has 2 nitrogen and oxygen atoms in total. The summed E-state index contributed by atoms with van der Waals surface area (Å²) in [5, 5.41) is 4.04. The molecule has 11 rings (SSSR count). The minimum absolute atomic E-state index is 0.0516. The molecule has 3 aliphatic carbocycles. The topological polar surface area (TPSA) is 9.86 Å². The molecular weight excluding hydrogens is 605 g/mol. The van der Waals surface area contributed by atoms with Crippen LogP contribution in [0, 0.1) is 0 Å². The van der Waals surface area contributed by atoms with Gasteiger partial charge in [-0.1, -0.05) is 119 Å². The lowest BCUT2D eigenvalue weighted by Gasteiger charge is -2.23. The van der Waals surface area contributed by atoms with Gasteiger partial charge in [-0.2, -0.15) is 0 Å². The second-order valence-electron chi connectivity index (χ2n) is 16.0. The third-order valence-corrected chi connectivity index (χ3v) is 12.7. The molecule has 0 bridgehead atoms. The Balaban J connectivity index is 1.24. The molecule has 0 aliphatic heterocycles. The SMILES string of the molecule is CC1(C)c2ccccc2-c2ccc(-n3c4c(c5ccc6c7ccccc7n(-c7ccc8c(c7)C(C)(C)c7ccccc7-8)c6c53)CCCC4)cc21. The van der Waals surface area contributed by atoms with Crippen molar-refractivity contribution < 1.29 is 0 Å². The molecule has 0 saturated heterocycles. The fourth-order valence-electron chi connectivity index (χ4n) is 10.3. The van der Waals surface area contributed by atoms with E-state index in [1.165, 1.54) is 107 Å². The van der Waals surface area contributed by atoms with E-state index in [1.54, 1.807) is 5.56 Å². The van der Waals surface area contributed by atoms with E-state index in [2.05, 4.69) is 158 Å². The molecule has 6 aromatic carbocycles. The van der Waals surface area contributed by atoms with Crippen LogP contribution in [0.4, 0.5) is 0 Å². The van der Waals surface area contributed by atoms with Gasteiger partial charge in [0.15, 0.2) is 0 Å². The number of aromatic nitrogens is 2. The van der Waals surface area contributed by atoms with Gasteiger partial charge in [-0.25, -0.2) is 0 Å². The zero-order valence-electron chi connectivity index (χ0n) is 29.3. The van der Waals surface area contributed by atoms with Crippen LogP contribution in [-0.2, 0) is 23.7 Å². The normalized spacial score (nSPS) is 16.4. The summed E-state index contributed by atoms with van der Waals surface area (Å²) < 4.78 is 5.26. The van der Waals surface area contributed by atoms with Crippen molar-refractivity contribution in [3.63, 3.8) is 0 Å². The number of benzene rings is 6. The first kappa shape index (κ1) is 28.5. The standard InChI is InChI=1S/C48H40N2/c1-47(2)39-17-9-5-13-31(39)33-23-21-29(27-41(33)47)49-43-19-11-7-15-35(43)37-25-26-38-36-16-8-12-20-44(36)50(46(38)45(37)49)30-22-24-34-32-14-6-10-18-40(32)48(3,4)42(34)28-30/h5-7,9-11,13-15,17-19,21-28H,8,12,16,20H2,1-4H3. The van der Waals surface area contributed by atoms with Gasteiger partial charge in [-0.3, -0.25) is 0 Å². The highest BCUT2D eigenvalue weighted by atomic mass is 15.1. The first-order valence-corrected chi connectivity index (χ1v) is 18.4. The van der Waals surface area contributed by atoms with Crippen molar-refractivity contribution in [1.82, 2.24) is 9.13 Å².